The minimum Gasteiger partial charge on any atom is -0.342 e. The molecule has 29 heavy (non-hydrogen) atoms. The van der Waals surface area contributed by atoms with E-state index in [-0.39, 0.29) is 11.3 Å². The average molecular weight is 396 g/mol. The number of carbonyl (C=O) groups excluding carboxylic acids is 2. The zero-order valence-corrected chi connectivity index (χ0v) is 17.4. The van der Waals surface area contributed by atoms with E-state index in [0.29, 0.717) is 24.4 Å². The third-order valence-corrected chi connectivity index (χ3v) is 7.65. The molecule has 4 fully saturated rings. The molecule has 5 heteroatoms. The van der Waals surface area contributed by atoms with E-state index in [9.17, 15) is 9.59 Å². The van der Waals surface area contributed by atoms with Gasteiger partial charge in [0.15, 0.2) is 0 Å². The molecule has 0 aromatic heterocycles. The lowest BCUT2D eigenvalue weighted by atomic mass is 9.67. The molecule has 1 atom stereocenters. The second kappa shape index (κ2) is 7.75. The van der Waals surface area contributed by atoms with E-state index in [4.69, 9.17) is 0 Å². The first-order valence-corrected chi connectivity index (χ1v) is 11.5. The van der Waals surface area contributed by atoms with Gasteiger partial charge in [0, 0.05) is 25.7 Å². The number of benzene rings is 1. The molecule has 156 valence electrons. The van der Waals surface area contributed by atoms with Crippen molar-refractivity contribution in [1.82, 2.24) is 14.7 Å². The molecule has 4 aliphatic rings. The molecular formula is C24H33N3O2. The second-order valence-corrected chi connectivity index (χ2v) is 9.73. The number of amides is 2. The van der Waals surface area contributed by atoms with E-state index in [1.54, 1.807) is 0 Å². The van der Waals surface area contributed by atoms with Crippen LogP contribution in [0.25, 0.3) is 0 Å². The minimum absolute atomic E-state index is 0.0163. The fourth-order valence-electron chi connectivity index (χ4n) is 5.69. The number of hydrogen-bond donors (Lipinski definition) is 0. The summed E-state index contributed by atoms with van der Waals surface area (Å²) in [6.07, 6.45) is 7.75. The van der Waals surface area contributed by atoms with Crippen LogP contribution in [0.15, 0.2) is 30.3 Å². The predicted molar refractivity (Wildman–Crippen MR) is 112 cm³/mol. The van der Waals surface area contributed by atoms with E-state index in [2.05, 4.69) is 26.8 Å². The van der Waals surface area contributed by atoms with Gasteiger partial charge in [0.05, 0.1) is 12.5 Å². The monoisotopic (exact) mass is 395 g/mol. The quantitative estimate of drug-likeness (QED) is 0.787. The Balaban J connectivity index is 1.28. The molecule has 1 aromatic carbocycles. The van der Waals surface area contributed by atoms with E-state index in [0.717, 1.165) is 70.4 Å². The van der Waals surface area contributed by atoms with Gasteiger partial charge in [0.2, 0.25) is 11.8 Å². The van der Waals surface area contributed by atoms with Crippen molar-refractivity contribution in [2.75, 3.05) is 39.3 Å². The summed E-state index contributed by atoms with van der Waals surface area (Å²) in [5.74, 6) is 0.613. The zero-order valence-electron chi connectivity index (χ0n) is 17.4. The van der Waals surface area contributed by atoms with Gasteiger partial charge in [-0.2, -0.15) is 0 Å². The van der Waals surface area contributed by atoms with Crippen LogP contribution < -0.4 is 0 Å². The number of carbonyl (C=O) groups is 2. The largest absolute Gasteiger partial charge is 0.342 e. The number of hydrogen-bond acceptors (Lipinski definition) is 3. The Morgan fingerprint density at radius 1 is 1.00 bits per heavy atom. The molecule has 0 bridgehead atoms. The molecule has 1 saturated carbocycles. The van der Waals surface area contributed by atoms with Gasteiger partial charge in [0.25, 0.3) is 0 Å². The molecule has 5 rings (SSSR count). The van der Waals surface area contributed by atoms with Crippen molar-refractivity contribution in [2.24, 2.45) is 5.41 Å². The molecule has 3 aliphatic heterocycles. The Morgan fingerprint density at radius 3 is 2.34 bits per heavy atom. The fraction of sp³-hybridized carbons (Fsp3) is 0.667. The van der Waals surface area contributed by atoms with Gasteiger partial charge >= 0.3 is 0 Å². The molecule has 3 heterocycles. The molecule has 1 unspecified atom stereocenters. The van der Waals surface area contributed by atoms with Crippen molar-refractivity contribution in [3.63, 3.8) is 0 Å². The minimum atomic E-state index is -0.0163. The Labute approximate surface area is 174 Å². The Kier molecular flexibility index (Phi) is 5.10. The van der Waals surface area contributed by atoms with Gasteiger partial charge in [-0.05, 0) is 69.0 Å². The molecule has 1 aliphatic carbocycles. The zero-order chi connectivity index (χ0) is 19.8. The molecular weight excluding hydrogens is 362 g/mol. The SMILES string of the molecule is O=C(CN1CCCC1)N1CCC2(CC1)CC(c1ccccc1)C(=O)N(C1CC1)C2. The molecule has 2 amide bonds. The molecule has 5 nitrogen and oxygen atoms in total. The summed E-state index contributed by atoms with van der Waals surface area (Å²) in [7, 11) is 0. The lowest BCUT2D eigenvalue weighted by Crippen LogP contribution is -2.55. The van der Waals surface area contributed by atoms with Crippen molar-refractivity contribution < 1.29 is 9.59 Å². The summed E-state index contributed by atoms with van der Waals surface area (Å²) in [4.78, 5) is 32.6. The maximum atomic E-state index is 13.3. The first-order valence-electron chi connectivity index (χ1n) is 11.5. The molecule has 0 N–H and O–H groups in total. The summed E-state index contributed by atoms with van der Waals surface area (Å²) < 4.78 is 0. The normalized spacial score (nSPS) is 27.6. The van der Waals surface area contributed by atoms with Gasteiger partial charge < -0.3 is 9.80 Å². The van der Waals surface area contributed by atoms with Crippen LogP contribution in [0.1, 0.15) is 56.4 Å². The van der Waals surface area contributed by atoms with Crippen LogP contribution >= 0.6 is 0 Å². The predicted octanol–water partition coefficient (Wildman–Crippen LogP) is 2.87. The van der Waals surface area contributed by atoms with Crippen LogP contribution in [0.4, 0.5) is 0 Å². The Morgan fingerprint density at radius 2 is 1.69 bits per heavy atom. The summed E-state index contributed by atoms with van der Waals surface area (Å²) in [5, 5.41) is 0. The van der Waals surface area contributed by atoms with Crippen LogP contribution in [0.2, 0.25) is 0 Å². The number of nitrogens with zero attached hydrogens (tertiary/aromatic N) is 3. The highest BCUT2D eigenvalue weighted by Gasteiger charge is 2.49. The van der Waals surface area contributed by atoms with Gasteiger partial charge in [-0.3, -0.25) is 14.5 Å². The summed E-state index contributed by atoms with van der Waals surface area (Å²) in [6, 6.07) is 10.8. The molecule has 0 radical (unpaired) electrons. The number of piperidine rings is 2. The fourth-order valence-corrected chi connectivity index (χ4v) is 5.69. The highest BCUT2D eigenvalue weighted by atomic mass is 16.2. The Bertz CT molecular complexity index is 747. The lowest BCUT2D eigenvalue weighted by molar-refractivity contribution is -0.145. The van der Waals surface area contributed by atoms with Crippen LogP contribution in [0.3, 0.4) is 0 Å². The molecule has 3 saturated heterocycles. The third-order valence-electron chi connectivity index (χ3n) is 7.65. The molecule has 1 aromatic rings. The van der Waals surface area contributed by atoms with Gasteiger partial charge in [-0.25, -0.2) is 0 Å². The maximum absolute atomic E-state index is 13.3. The van der Waals surface area contributed by atoms with Gasteiger partial charge in [0.1, 0.15) is 0 Å². The smallest absolute Gasteiger partial charge is 0.236 e. The second-order valence-electron chi connectivity index (χ2n) is 9.73. The number of rotatable bonds is 4. The maximum Gasteiger partial charge on any atom is 0.236 e. The van der Waals surface area contributed by atoms with Crippen LogP contribution in [-0.2, 0) is 9.59 Å². The highest BCUT2D eigenvalue weighted by Crippen LogP contribution is 2.48. The average Bonchev–Trinajstić information content (AvgIpc) is 3.47. The van der Waals surface area contributed by atoms with E-state index < -0.39 is 0 Å². The van der Waals surface area contributed by atoms with Crippen molar-refractivity contribution in [1.29, 1.82) is 0 Å². The molecule has 1 spiro atoms. The van der Waals surface area contributed by atoms with Crippen molar-refractivity contribution >= 4 is 11.8 Å². The van der Waals surface area contributed by atoms with Crippen LogP contribution in [-0.4, -0.2) is 71.8 Å². The van der Waals surface area contributed by atoms with Crippen molar-refractivity contribution in [3.8, 4) is 0 Å². The summed E-state index contributed by atoms with van der Waals surface area (Å²) in [5.41, 5.74) is 1.33. The van der Waals surface area contributed by atoms with Crippen molar-refractivity contribution in [2.45, 2.75) is 56.9 Å². The van der Waals surface area contributed by atoms with E-state index in [1.165, 1.54) is 12.8 Å². The van der Waals surface area contributed by atoms with Crippen LogP contribution in [0.5, 0.6) is 0 Å². The topological polar surface area (TPSA) is 43.9 Å². The first kappa shape index (κ1) is 19.1. The van der Waals surface area contributed by atoms with Crippen LogP contribution in [0, 0.1) is 5.41 Å². The first-order chi connectivity index (χ1) is 14.1. The van der Waals surface area contributed by atoms with Gasteiger partial charge in [-0.1, -0.05) is 30.3 Å². The summed E-state index contributed by atoms with van der Waals surface area (Å²) >= 11 is 0. The Hall–Kier alpha value is -1.88. The number of likely N-dealkylation sites (tertiary alicyclic amines) is 3. The standard InChI is InChI=1S/C24H33N3O2/c28-22(17-25-12-4-5-13-25)26-14-10-24(11-15-26)16-21(19-6-2-1-3-7-19)23(29)27(18-24)20-8-9-20/h1-3,6-7,20-21H,4-5,8-18H2. The van der Waals surface area contributed by atoms with Gasteiger partial charge in [-0.15, -0.1) is 0 Å². The highest BCUT2D eigenvalue weighted by molar-refractivity contribution is 5.85. The van der Waals surface area contributed by atoms with E-state index >= 15 is 0 Å². The summed E-state index contributed by atoms with van der Waals surface area (Å²) in [6.45, 7) is 5.32. The van der Waals surface area contributed by atoms with E-state index in [1.807, 2.05) is 18.2 Å². The third kappa shape index (κ3) is 3.94. The lowest BCUT2D eigenvalue weighted by Gasteiger charge is -2.50. The van der Waals surface area contributed by atoms with Crippen molar-refractivity contribution in [3.05, 3.63) is 35.9 Å².